The third kappa shape index (κ3) is 1.88. The van der Waals surface area contributed by atoms with Crippen molar-refractivity contribution in [2.24, 2.45) is 0 Å². The van der Waals surface area contributed by atoms with Gasteiger partial charge in [0.25, 0.3) is 5.56 Å². The molecule has 0 radical (unpaired) electrons. The summed E-state index contributed by atoms with van der Waals surface area (Å²) in [5.41, 5.74) is -2.33. The Morgan fingerprint density at radius 3 is 2.33 bits per heavy atom. The van der Waals surface area contributed by atoms with Gasteiger partial charge < -0.3 is 4.98 Å². The smallest absolute Gasteiger partial charge is 0.316 e. The molecule has 1 rings (SSSR count). The summed E-state index contributed by atoms with van der Waals surface area (Å²) in [6, 6.07) is 1.85. The van der Waals surface area contributed by atoms with Gasteiger partial charge >= 0.3 is 6.18 Å². The predicted molar refractivity (Wildman–Crippen MR) is 39.8 cm³/mol. The van der Waals surface area contributed by atoms with Gasteiger partial charge in [-0.3, -0.25) is 4.79 Å². The van der Waals surface area contributed by atoms with Crippen LogP contribution in [-0.2, 0) is 6.18 Å². The summed E-state index contributed by atoms with van der Waals surface area (Å²) in [6.45, 7) is 0. The molecular weight excluding hydrogens is 239 g/mol. The lowest BCUT2D eigenvalue weighted by atomic mass is 10.3. The molecule has 0 aliphatic rings. The fourth-order valence-corrected chi connectivity index (χ4v) is 0.985. The highest BCUT2D eigenvalue weighted by atomic mass is 79.9. The molecule has 0 bridgehead atoms. The van der Waals surface area contributed by atoms with Crippen molar-refractivity contribution in [3.8, 4) is 0 Å². The van der Waals surface area contributed by atoms with Crippen LogP contribution in [0.2, 0.25) is 0 Å². The SMILES string of the molecule is O=c1[nH]c(Br)ccc1C(F)(F)F. The van der Waals surface area contributed by atoms with E-state index in [0.29, 0.717) is 0 Å². The Bertz CT molecular complexity index is 343. The topological polar surface area (TPSA) is 32.9 Å². The van der Waals surface area contributed by atoms with E-state index in [0.717, 1.165) is 12.1 Å². The fraction of sp³-hybridized carbons (Fsp3) is 0.167. The van der Waals surface area contributed by atoms with Crippen LogP contribution in [0.15, 0.2) is 21.5 Å². The second-order valence-electron chi connectivity index (χ2n) is 2.05. The van der Waals surface area contributed by atoms with E-state index >= 15 is 0 Å². The van der Waals surface area contributed by atoms with Crippen molar-refractivity contribution < 1.29 is 13.2 Å². The number of nitrogens with one attached hydrogen (secondary N) is 1. The Morgan fingerprint density at radius 2 is 1.92 bits per heavy atom. The highest BCUT2D eigenvalue weighted by Gasteiger charge is 2.33. The van der Waals surface area contributed by atoms with E-state index < -0.39 is 17.3 Å². The molecule has 0 aliphatic heterocycles. The molecule has 1 heterocycles. The Kier molecular flexibility index (Phi) is 2.27. The molecule has 0 spiro atoms. The first kappa shape index (κ1) is 9.31. The molecule has 66 valence electrons. The van der Waals surface area contributed by atoms with Gasteiger partial charge in [-0.25, -0.2) is 0 Å². The van der Waals surface area contributed by atoms with Crippen LogP contribution < -0.4 is 5.56 Å². The number of halogens is 4. The van der Waals surface area contributed by atoms with E-state index in [1.54, 1.807) is 0 Å². The fourth-order valence-electron chi connectivity index (χ4n) is 0.673. The zero-order valence-corrected chi connectivity index (χ0v) is 7.16. The normalized spacial score (nSPS) is 11.7. The molecule has 6 heteroatoms. The number of rotatable bonds is 0. The molecule has 0 fully saturated rings. The number of alkyl halides is 3. The molecule has 12 heavy (non-hydrogen) atoms. The lowest BCUT2D eigenvalue weighted by Crippen LogP contribution is -2.20. The molecule has 1 aromatic rings. The monoisotopic (exact) mass is 241 g/mol. The molecular formula is C6H3BrF3NO. The summed E-state index contributed by atoms with van der Waals surface area (Å²) in [5, 5.41) is 0. The molecule has 0 aromatic carbocycles. The van der Waals surface area contributed by atoms with E-state index in [-0.39, 0.29) is 4.60 Å². The van der Waals surface area contributed by atoms with Crippen LogP contribution in [0.3, 0.4) is 0 Å². The maximum absolute atomic E-state index is 11.9. The molecule has 1 N–H and O–H groups in total. The number of aromatic nitrogens is 1. The molecule has 0 unspecified atom stereocenters. The second-order valence-corrected chi connectivity index (χ2v) is 2.90. The highest BCUT2D eigenvalue weighted by Crippen LogP contribution is 2.26. The van der Waals surface area contributed by atoms with E-state index in [9.17, 15) is 18.0 Å². The van der Waals surface area contributed by atoms with Gasteiger partial charge in [0, 0.05) is 0 Å². The average molecular weight is 242 g/mol. The van der Waals surface area contributed by atoms with Crippen LogP contribution in [0.25, 0.3) is 0 Å². The summed E-state index contributed by atoms with van der Waals surface area (Å²) in [7, 11) is 0. The maximum Gasteiger partial charge on any atom is 0.421 e. The van der Waals surface area contributed by atoms with Crippen molar-refractivity contribution in [3.05, 3.63) is 32.7 Å². The Hall–Kier alpha value is -0.780. The number of hydrogen-bond acceptors (Lipinski definition) is 1. The minimum absolute atomic E-state index is 0.223. The van der Waals surface area contributed by atoms with Crippen molar-refractivity contribution >= 4 is 15.9 Å². The zero-order chi connectivity index (χ0) is 9.35. The first-order valence-electron chi connectivity index (χ1n) is 2.87. The predicted octanol–water partition coefficient (Wildman–Crippen LogP) is 2.16. The van der Waals surface area contributed by atoms with E-state index in [4.69, 9.17) is 0 Å². The van der Waals surface area contributed by atoms with Gasteiger partial charge in [0.15, 0.2) is 0 Å². The van der Waals surface area contributed by atoms with Crippen LogP contribution >= 0.6 is 15.9 Å². The molecule has 0 saturated heterocycles. The molecule has 0 aliphatic carbocycles. The average Bonchev–Trinajstić information content (AvgIpc) is 1.83. The van der Waals surface area contributed by atoms with E-state index in [2.05, 4.69) is 15.9 Å². The minimum atomic E-state index is -4.59. The quantitative estimate of drug-likeness (QED) is 0.694. The lowest BCUT2D eigenvalue weighted by molar-refractivity contribution is -0.138. The van der Waals surface area contributed by atoms with Crippen LogP contribution in [0.5, 0.6) is 0 Å². The van der Waals surface area contributed by atoms with E-state index in [1.165, 1.54) is 0 Å². The van der Waals surface area contributed by atoms with Crippen molar-refractivity contribution in [1.29, 1.82) is 0 Å². The maximum atomic E-state index is 11.9. The van der Waals surface area contributed by atoms with Crippen molar-refractivity contribution in [2.75, 3.05) is 0 Å². The first-order valence-corrected chi connectivity index (χ1v) is 3.66. The third-order valence-electron chi connectivity index (χ3n) is 1.18. The van der Waals surface area contributed by atoms with Gasteiger partial charge in [-0.1, -0.05) is 0 Å². The van der Waals surface area contributed by atoms with Gasteiger partial charge in [0.1, 0.15) is 5.56 Å². The molecule has 2 nitrogen and oxygen atoms in total. The van der Waals surface area contributed by atoms with Crippen molar-refractivity contribution in [1.82, 2.24) is 4.98 Å². The van der Waals surface area contributed by atoms with Crippen LogP contribution in [0, 0.1) is 0 Å². The Morgan fingerprint density at radius 1 is 1.33 bits per heavy atom. The van der Waals surface area contributed by atoms with E-state index in [1.807, 2.05) is 4.98 Å². The summed E-state index contributed by atoms with van der Waals surface area (Å²) < 4.78 is 36.1. The van der Waals surface area contributed by atoms with Gasteiger partial charge in [0.05, 0.1) is 4.60 Å². The van der Waals surface area contributed by atoms with Gasteiger partial charge in [-0.05, 0) is 28.1 Å². The summed E-state index contributed by atoms with van der Waals surface area (Å²) in [5.74, 6) is 0. The largest absolute Gasteiger partial charge is 0.421 e. The van der Waals surface area contributed by atoms with Crippen LogP contribution in [0.4, 0.5) is 13.2 Å². The number of hydrogen-bond donors (Lipinski definition) is 1. The molecule has 0 amide bonds. The minimum Gasteiger partial charge on any atom is -0.316 e. The van der Waals surface area contributed by atoms with Crippen LogP contribution in [0.1, 0.15) is 5.56 Å². The summed E-state index contributed by atoms with van der Waals surface area (Å²) in [4.78, 5) is 12.7. The third-order valence-corrected chi connectivity index (χ3v) is 1.64. The van der Waals surface area contributed by atoms with Crippen molar-refractivity contribution in [2.45, 2.75) is 6.18 Å². The van der Waals surface area contributed by atoms with Crippen molar-refractivity contribution in [3.63, 3.8) is 0 Å². The zero-order valence-electron chi connectivity index (χ0n) is 5.57. The standard InChI is InChI=1S/C6H3BrF3NO/c7-4-2-1-3(5(12)11-4)6(8,9)10/h1-2H,(H,11,12). The Balaban J connectivity index is 3.29. The number of pyridine rings is 1. The number of H-pyrrole nitrogens is 1. The van der Waals surface area contributed by atoms with Gasteiger partial charge in [0.2, 0.25) is 0 Å². The molecule has 1 aromatic heterocycles. The summed E-state index contributed by atoms with van der Waals surface area (Å²) in [6.07, 6.45) is -4.59. The van der Waals surface area contributed by atoms with Gasteiger partial charge in [-0.2, -0.15) is 13.2 Å². The molecule has 0 saturated carbocycles. The Labute approximate surface area is 73.5 Å². The first-order chi connectivity index (χ1) is 5.41. The number of aromatic amines is 1. The highest BCUT2D eigenvalue weighted by molar-refractivity contribution is 9.10. The second kappa shape index (κ2) is 2.93. The lowest BCUT2D eigenvalue weighted by Gasteiger charge is -2.03. The summed E-state index contributed by atoms with van der Waals surface area (Å²) >= 11 is 2.84. The van der Waals surface area contributed by atoms with Crippen LogP contribution in [-0.4, -0.2) is 4.98 Å². The van der Waals surface area contributed by atoms with Gasteiger partial charge in [-0.15, -0.1) is 0 Å². The molecule has 0 atom stereocenters.